The third-order valence-electron chi connectivity index (χ3n) is 5.44. The van der Waals surface area contributed by atoms with E-state index in [9.17, 15) is 4.79 Å². The van der Waals surface area contributed by atoms with E-state index in [0.717, 1.165) is 32.7 Å². The van der Waals surface area contributed by atoms with Crippen LogP contribution in [0.2, 0.25) is 0 Å². The maximum absolute atomic E-state index is 12.6. The average molecular weight is 382 g/mol. The quantitative estimate of drug-likeness (QED) is 0.836. The first-order chi connectivity index (χ1) is 13.5. The second-order valence-electron chi connectivity index (χ2n) is 7.62. The molecule has 6 nitrogen and oxygen atoms in total. The number of carbonyl (C=O) groups is 1. The molecule has 1 aliphatic heterocycles. The van der Waals surface area contributed by atoms with Gasteiger partial charge in [0.25, 0.3) is 0 Å². The Labute approximate surface area is 168 Å². The molecule has 2 aromatic rings. The van der Waals surface area contributed by atoms with E-state index in [0.29, 0.717) is 12.6 Å². The van der Waals surface area contributed by atoms with Crippen molar-refractivity contribution < 1.29 is 4.79 Å². The van der Waals surface area contributed by atoms with Crippen molar-refractivity contribution in [3.8, 4) is 0 Å². The zero-order valence-electron chi connectivity index (χ0n) is 17.1. The number of aromatic nitrogens is 1. The number of piperazine rings is 1. The van der Waals surface area contributed by atoms with E-state index < -0.39 is 0 Å². The van der Waals surface area contributed by atoms with Gasteiger partial charge in [0.2, 0.25) is 0 Å². The van der Waals surface area contributed by atoms with Gasteiger partial charge < -0.3 is 15.1 Å². The molecule has 0 spiro atoms. The van der Waals surface area contributed by atoms with Gasteiger partial charge in [-0.1, -0.05) is 24.3 Å². The van der Waals surface area contributed by atoms with E-state index >= 15 is 0 Å². The van der Waals surface area contributed by atoms with Gasteiger partial charge in [0.1, 0.15) is 0 Å². The summed E-state index contributed by atoms with van der Waals surface area (Å²) in [4.78, 5) is 23.2. The van der Waals surface area contributed by atoms with Crippen LogP contribution in [0.25, 0.3) is 0 Å². The van der Waals surface area contributed by atoms with Crippen LogP contribution in [0.5, 0.6) is 0 Å². The molecule has 3 rings (SSSR count). The number of rotatable bonds is 6. The second kappa shape index (κ2) is 9.55. The van der Waals surface area contributed by atoms with E-state index in [-0.39, 0.29) is 6.03 Å². The fraction of sp³-hybridized carbons (Fsp3) is 0.455. The van der Waals surface area contributed by atoms with E-state index in [1.807, 2.05) is 35.5 Å². The number of carbonyl (C=O) groups excluding carboxylic acids is 1. The number of benzene rings is 1. The summed E-state index contributed by atoms with van der Waals surface area (Å²) < 4.78 is 0. The summed E-state index contributed by atoms with van der Waals surface area (Å²) >= 11 is 0. The molecule has 0 aliphatic carbocycles. The lowest BCUT2D eigenvalue weighted by Crippen LogP contribution is -2.51. The molecule has 2 amide bonds. The average Bonchev–Trinajstić information content (AvgIpc) is 2.73. The number of hydrogen-bond donors (Lipinski definition) is 1. The molecular formula is C22H31N5O. The van der Waals surface area contributed by atoms with E-state index in [1.165, 1.54) is 16.8 Å². The normalized spacial score (nSPS) is 14.6. The molecule has 1 saturated heterocycles. The molecule has 6 heteroatoms. The summed E-state index contributed by atoms with van der Waals surface area (Å²) in [6.45, 7) is 8.96. The largest absolute Gasteiger partial charge is 0.368 e. The second-order valence-corrected chi connectivity index (χ2v) is 7.62. The van der Waals surface area contributed by atoms with Crippen molar-refractivity contribution >= 4 is 11.7 Å². The number of nitrogens with one attached hydrogen (secondary N) is 1. The number of hydrogen-bond acceptors (Lipinski definition) is 4. The number of amides is 2. The van der Waals surface area contributed by atoms with Crippen LogP contribution in [0.1, 0.15) is 25.0 Å². The Hall–Kier alpha value is -2.60. The van der Waals surface area contributed by atoms with Crippen LogP contribution in [0, 0.1) is 0 Å². The van der Waals surface area contributed by atoms with E-state index in [4.69, 9.17) is 0 Å². The number of urea groups is 1. The topological polar surface area (TPSA) is 51.7 Å². The summed E-state index contributed by atoms with van der Waals surface area (Å²) in [6.07, 6.45) is 3.62. The van der Waals surface area contributed by atoms with Crippen molar-refractivity contribution in [1.82, 2.24) is 20.1 Å². The minimum atomic E-state index is 0.0152. The van der Waals surface area contributed by atoms with Crippen LogP contribution >= 0.6 is 0 Å². The smallest absolute Gasteiger partial charge is 0.317 e. The Kier molecular flexibility index (Phi) is 6.87. The predicted octanol–water partition coefficient (Wildman–Crippen LogP) is 2.95. The minimum absolute atomic E-state index is 0.0152. The van der Waals surface area contributed by atoms with Crippen LogP contribution in [0.3, 0.4) is 0 Å². The molecule has 1 N–H and O–H groups in total. The Morgan fingerprint density at radius 2 is 1.71 bits per heavy atom. The van der Waals surface area contributed by atoms with Crippen LogP contribution in [-0.2, 0) is 13.1 Å². The van der Waals surface area contributed by atoms with Crippen LogP contribution in [-0.4, -0.2) is 60.1 Å². The van der Waals surface area contributed by atoms with Gasteiger partial charge in [-0.05, 0) is 44.2 Å². The summed E-state index contributed by atoms with van der Waals surface area (Å²) in [7, 11) is 2.13. The molecule has 2 heterocycles. The third-order valence-corrected chi connectivity index (χ3v) is 5.44. The maximum atomic E-state index is 12.6. The van der Waals surface area contributed by atoms with Gasteiger partial charge in [-0.25, -0.2) is 4.79 Å². The molecule has 0 bridgehead atoms. The lowest BCUT2D eigenvalue weighted by molar-refractivity contribution is 0.194. The van der Waals surface area contributed by atoms with Gasteiger partial charge in [-0.15, -0.1) is 0 Å². The molecule has 0 saturated carbocycles. The Morgan fingerprint density at radius 3 is 2.36 bits per heavy atom. The fourth-order valence-electron chi connectivity index (χ4n) is 3.34. The molecule has 0 atom stereocenters. The lowest BCUT2D eigenvalue weighted by Gasteiger charge is -2.36. The van der Waals surface area contributed by atoms with Crippen molar-refractivity contribution in [3.05, 3.63) is 59.9 Å². The maximum Gasteiger partial charge on any atom is 0.317 e. The molecule has 150 valence electrons. The lowest BCUT2D eigenvalue weighted by atomic mass is 10.1. The highest BCUT2D eigenvalue weighted by Crippen LogP contribution is 2.15. The molecule has 0 unspecified atom stereocenters. The Morgan fingerprint density at radius 1 is 1.07 bits per heavy atom. The summed E-state index contributed by atoms with van der Waals surface area (Å²) in [6, 6.07) is 12.9. The monoisotopic (exact) mass is 381 g/mol. The van der Waals surface area contributed by atoms with Crippen molar-refractivity contribution in [2.45, 2.75) is 33.0 Å². The van der Waals surface area contributed by atoms with Gasteiger partial charge in [0, 0.05) is 63.4 Å². The molecule has 28 heavy (non-hydrogen) atoms. The van der Waals surface area contributed by atoms with Gasteiger partial charge in [-0.3, -0.25) is 9.88 Å². The fourth-order valence-corrected chi connectivity index (χ4v) is 3.34. The zero-order valence-corrected chi connectivity index (χ0v) is 17.1. The van der Waals surface area contributed by atoms with Gasteiger partial charge in [0.15, 0.2) is 0 Å². The van der Waals surface area contributed by atoms with E-state index in [1.54, 1.807) is 0 Å². The van der Waals surface area contributed by atoms with Crippen molar-refractivity contribution in [2.75, 3.05) is 38.1 Å². The molecule has 1 aromatic carbocycles. The highest BCUT2D eigenvalue weighted by Gasteiger charge is 2.21. The van der Waals surface area contributed by atoms with E-state index in [2.05, 4.69) is 59.2 Å². The highest BCUT2D eigenvalue weighted by molar-refractivity contribution is 5.74. The van der Waals surface area contributed by atoms with Gasteiger partial charge >= 0.3 is 6.03 Å². The van der Waals surface area contributed by atoms with Gasteiger partial charge in [-0.2, -0.15) is 0 Å². The SMILES string of the molecule is CC(C)N(C)Cc1ccccc1CNC(=O)N1CCN(c2ccncc2)CC1. The predicted molar refractivity (Wildman–Crippen MR) is 113 cm³/mol. The standard InChI is InChI=1S/C22H31N5O/c1-18(2)25(3)17-20-7-5-4-6-19(20)16-24-22(28)27-14-12-26(13-15-27)21-8-10-23-11-9-21/h4-11,18H,12-17H2,1-3H3,(H,24,28). The first-order valence-corrected chi connectivity index (χ1v) is 9.99. The molecule has 1 fully saturated rings. The molecule has 1 aromatic heterocycles. The first-order valence-electron chi connectivity index (χ1n) is 9.99. The molecule has 1 aliphatic rings. The van der Waals surface area contributed by atoms with Crippen LogP contribution < -0.4 is 10.2 Å². The van der Waals surface area contributed by atoms with Crippen LogP contribution in [0.4, 0.5) is 10.5 Å². The summed E-state index contributed by atoms with van der Waals surface area (Å²) in [5.41, 5.74) is 3.61. The van der Waals surface area contributed by atoms with Crippen molar-refractivity contribution in [3.63, 3.8) is 0 Å². The molecular weight excluding hydrogens is 350 g/mol. The zero-order chi connectivity index (χ0) is 19.9. The van der Waals surface area contributed by atoms with Crippen LogP contribution in [0.15, 0.2) is 48.8 Å². The van der Waals surface area contributed by atoms with Gasteiger partial charge in [0.05, 0.1) is 0 Å². The number of nitrogens with zero attached hydrogens (tertiary/aromatic N) is 4. The van der Waals surface area contributed by atoms with Crippen molar-refractivity contribution in [1.29, 1.82) is 0 Å². The minimum Gasteiger partial charge on any atom is -0.368 e. The van der Waals surface area contributed by atoms with Crippen molar-refractivity contribution in [2.24, 2.45) is 0 Å². The highest BCUT2D eigenvalue weighted by atomic mass is 16.2. The Bertz CT molecular complexity index is 757. The summed E-state index contributed by atoms with van der Waals surface area (Å²) in [5.74, 6) is 0. The number of anilines is 1. The summed E-state index contributed by atoms with van der Waals surface area (Å²) in [5, 5.41) is 3.11. The third kappa shape index (κ3) is 5.23. The Balaban J connectivity index is 1.51. The molecule has 0 radical (unpaired) electrons. The first kappa shape index (κ1) is 20.1. The number of pyridine rings is 1.